The first-order valence-corrected chi connectivity index (χ1v) is 6.16. The third-order valence-electron chi connectivity index (χ3n) is 3.51. The molecule has 0 aromatic heterocycles. The molecule has 3 nitrogen and oxygen atoms in total. The summed E-state index contributed by atoms with van der Waals surface area (Å²) >= 11 is 6.17. The molecule has 17 heavy (non-hydrogen) atoms. The van der Waals surface area contributed by atoms with Crippen molar-refractivity contribution in [2.45, 2.75) is 30.9 Å². The lowest BCUT2D eigenvalue weighted by molar-refractivity contribution is -0.137. The number of Topliss-reactive ketones (excluding diaryl/α,β-unsaturated/α-hetero) is 1. The van der Waals surface area contributed by atoms with Gasteiger partial charge in [0.1, 0.15) is 11.6 Å². The molecule has 2 rings (SSSR count). The molecule has 0 aliphatic heterocycles. The minimum Gasteiger partial charge on any atom is -0.385 e. The molecule has 2 atom stereocenters. The van der Waals surface area contributed by atoms with Gasteiger partial charge >= 0.3 is 0 Å². The second kappa shape index (κ2) is 4.77. The largest absolute Gasteiger partial charge is 0.385 e. The summed E-state index contributed by atoms with van der Waals surface area (Å²) in [6.07, 6.45) is 1.11. The van der Waals surface area contributed by atoms with Crippen molar-refractivity contribution >= 4 is 17.4 Å². The Hall–Kier alpha value is -0.900. The zero-order valence-electron chi connectivity index (χ0n) is 9.74. The van der Waals surface area contributed by atoms with E-state index in [1.807, 2.05) is 18.2 Å². The van der Waals surface area contributed by atoms with Crippen LogP contribution in [0.3, 0.4) is 0 Å². The summed E-state index contributed by atoms with van der Waals surface area (Å²) in [4.78, 5) is 12.3. The Morgan fingerprint density at radius 1 is 1.47 bits per heavy atom. The van der Waals surface area contributed by atoms with Crippen LogP contribution in [0.15, 0.2) is 24.3 Å². The molecule has 1 saturated carbocycles. The van der Waals surface area contributed by atoms with Gasteiger partial charge in [0.25, 0.3) is 0 Å². The summed E-state index contributed by atoms with van der Waals surface area (Å²) in [6.45, 7) is 0. The van der Waals surface area contributed by atoms with Gasteiger partial charge in [0.2, 0.25) is 0 Å². The van der Waals surface area contributed by atoms with Crippen LogP contribution in [0.4, 0.5) is 0 Å². The van der Waals surface area contributed by atoms with Gasteiger partial charge in [-0.05, 0) is 37.9 Å². The highest BCUT2D eigenvalue weighted by atomic mass is 35.5. The SMILES string of the molecule is CNC1(c2ccccc2Cl)CCCC(O)C1=O. The number of hydrogen-bond donors (Lipinski definition) is 2. The summed E-state index contributed by atoms with van der Waals surface area (Å²) < 4.78 is 0. The standard InChI is InChI=1S/C13H16ClNO2/c1-15-13(8-4-7-11(16)12(13)17)9-5-2-3-6-10(9)14/h2-3,5-6,11,15-16H,4,7-8H2,1H3. The van der Waals surface area contributed by atoms with E-state index in [9.17, 15) is 9.90 Å². The Labute approximate surface area is 106 Å². The third-order valence-corrected chi connectivity index (χ3v) is 3.84. The van der Waals surface area contributed by atoms with Crippen molar-refractivity contribution in [1.82, 2.24) is 5.32 Å². The molecule has 1 fully saturated rings. The molecule has 1 aromatic rings. The molecule has 0 spiro atoms. The summed E-state index contributed by atoms with van der Waals surface area (Å²) in [5, 5.41) is 13.4. The van der Waals surface area contributed by atoms with Gasteiger partial charge in [0.15, 0.2) is 5.78 Å². The van der Waals surface area contributed by atoms with E-state index >= 15 is 0 Å². The first-order valence-electron chi connectivity index (χ1n) is 5.78. The van der Waals surface area contributed by atoms with Gasteiger partial charge < -0.3 is 10.4 Å². The highest BCUT2D eigenvalue weighted by Gasteiger charge is 2.45. The van der Waals surface area contributed by atoms with Gasteiger partial charge in [-0.15, -0.1) is 0 Å². The van der Waals surface area contributed by atoms with Crippen molar-refractivity contribution in [3.05, 3.63) is 34.9 Å². The van der Waals surface area contributed by atoms with Crippen LogP contribution in [0.5, 0.6) is 0 Å². The van der Waals surface area contributed by atoms with Gasteiger partial charge in [0.05, 0.1) is 0 Å². The average Bonchev–Trinajstić information content (AvgIpc) is 2.34. The second-order valence-corrected chi connectivity index (χ2v) is 4.81. The average molecular weight is 254 g/mol. The quantitative estimate of drug-likeness (QED) is 0.846. The van der Waals surface area contributed by atoms with E-state index in [2.05, 4.69) is 5.32 Å². The van der Waals surface area contributed by atoms with Crippen molar-refractivity contribution in [2.24, 2.45) is 0 Å². The Morgan fingerprint density at radius 3 is 2.82 bits per heavy atom. The lowest BCUT2D eigenvalue weighted by atomic mass is 9.74. The number of benzene rings is 1. The number of nitrogens with one attached hydrogen (secondary N) is 1. The first-order chi connectivity index (χ1) is 8.12. The van der Waals surface area contributed by atoms with Gasteiger partial charge in [-0.3, -0.25) is 4.79 Å². The number of aliphatic hydroxyl groups excluding tert-OH is 1. The van der Waals surface area contributed by atoms with Crippen molar-refractivity contribution in [3.8, 4) is 0 Å². The zero-order valence-corrected chi connectivity index (χ0v) is 10.5. The molecular weight excluding hydrogens is 238 g/mol. The fourth-order valence-electron chi connectivity index (χ4n) is 2.56. The minimum absolute atomic E-state index is 0.181. The molecular formula is C13H16ClNO2. The molecule has 2 N–H and O–H groups in total. The minimum atomic E-state index is -0.896. The molecule has 0 radical (unpaired) electrons. The van der Waals surface area contributed by atoms with Crippen LogP contribution in [0.25, 0.3) is 0 Å². The van der Waals surface area contributed by atoms with Gasteiger partial charge in [-0.1, -0.05) is 29.8 Å². The lowest BCUT2D eigenvalue weighted by Gasteiger charge is -2.38. The van der Waals surface area contributed by atoms with E-state index in [1.165, 1.54) is 0 Å². The number of carbonyl (C=O) groups is 1. The van der Waals surface area contributed by atoms with Gasteiger partial charge in [-0.25, -0.2) is 0 Å². The van der Waals surface area contributed by atoms with Crippen molar-refractivity contribution in [3.63, 3.8) is 0 Å². The predicted octanol–water partition coefficient (Wildman–Crippen LogP) is 1.87. The topological polar surface area (TPSA) is 49.3 Å². The maximum absolute atomic E-state index is 12.3. The Bertz CT molecular complexity index is 435. The number of hydrogen-bond acceptors (Lipinski definition) is 3. The molecule has 0 heterocycles. The van der Waals surface area contributed by atoms with Crippen LogP contribution in [0, 0.1) is 0 Å². The lowest BCUT2D eigenvalue weighted by Crippen LogP contribution is -2.54. The maximum Gasteiger partial charge on any atom is 0.185 e. The maximum atomic E-state index is 12.3. The van der Waals surface area contributed by atoms with E-state index in [0.717, 1.165) is 12.0 Å². The highest BCUT2D eigenvalue weighted by molar-refractivity contribution is 6.31. The fourth-order valence-corrected chi connectivity index (χ4v) is 2.85. The third kappa shape index (κ3) is 1.99. The van der Waals surface area contributed by atoms with Crippen LogP contribution < -0.4 is 5.32 Å². The number of rotatable bonds is 2. The van der Waals surface area contributed by atoms with Crippen LogP contribution >= 0.6 is 11.6 Å². The summed E-state index contributed by atoms with van der Waals surface area (Å²) in [5.41, 5.74) is -0.0800. The highest BCUT2D eigenvalue weighted by Crippen LogP contribution is 2.37. The van der Waals surface area contributed by atoms with E-state index in [0.29, 0.717) is 17.9 Å². The van der Waals surface area contributed by atoms with Crippen molar-refractivity contribution < 1.29 is 9.90 Å². The monoisotopic (exact) mass is 253 g/mol. The predicted molar refractivity (Wildman–Crippen MR) is 67.1 cm³/mol. The number of halogens is 1. The Kier molecular flexibility index (Phi) is 3.52. The van der Waals surface area contributed by atoms with Crippen LogP contribution in [0.1, 0.15) is 24.8 Å². The second-order valence-electron chi connectivity index (χ2n) is 4.41. The van der Waals surface area contributed by atoms with Crippen molar-refractivity contribution in [2.75, 3.05) is 7.05 Å². The summed E-state index contributed by atoms with van der Waals surface area (Å²) in [6, 6.07) is 7.30. The number of ketones is 1. The molecule has 1 aliphatic rings. The smallest absolute Gasteiger partial charge is 0.185 e. The molecule has 1 aliphatic carbocycles. The molecule has 1 aromatic carbocycles. The molecule has 0 amide bonds. The summed E-state index contributed by atoms with van der Waals surface area (Å²) in [7, 11) is 1.74. The fraction of sp³-hybridized carbons (Fsp3) is 0.462. The number of aliphatic hydroxyl groups is 1. The number of likely N-dealkylation sites (N-methyl/N-ethyl adjacent to an activating group) is 1. The number of carbonyl (C=O) groups excluding carboxylic acids is 1. The molecule has 92 valence electrons. The van der Waals surface area contributed by atoms with E-state index in [-0.39, 0.29) is 5.78 Å². The normalized spacial score (nSPS) is 29.4. The Morgan fingerprint density at radius 2 is 2.18 bits per heavy atom. The van der Waals surface area contributed by atoms with Gasteiger partial charge in [0, 0.05) is 5.02 Å². The zero-order chi connectivity index (χ0) is 12.5. The molecule has 4 heteroatoms. The molecule has 0 bridgehead atoms. The van der Waals surface area contributed by atoms with Gasteiger partial charge in [-0.2, -0.15) is 0 Å². The van der Waals surface area contributed by atoms with E-state index < -0.39 is 11.6 Å². The summed E-state index contributed by atoms with van der Waals surface area (Å²) in [5.74, 6) is -0.181. The van der Waals surface area contributed by atoms with E-state index in [4.69, 9.17) is 11.6 Å². The van der Waals surface area contributed by atoms with Crippen LogP contribution in [-0.4, -0.2) is 24.0 Å². The molecule has 2 unspecified atom stereocenters. The van der Waals surface area contributed by atoms with Crippen molar-refractivity contribution in [1.29, 1.82) is 0 Å². The molecule has 0 saturated heterocycles. The Balaban J connectivity index is 2.50. The van der Waals surface area contributed by atoms with E-state index in [1.54, 1.807) is 13.1 Å². The van der Waals surface area contributed by atoms with Crippen LogP contribution in [0.2, 0.25) is 5.02 Å². The van der Waals surface area contributed by atoms with Crippen LogP contribution in [-0.2, 0) is 10.3 Å². The first kappa shape index (κ1) is 12.6.